The summed E-state index contributed by atoms with van der Waals surface area (Å²) in [7, 11) is 0. The Balaban J connectivity index is 1.85. The summed E-state index contributed by atoms with van der Waals surface area (Å²) in [6, 6.07) is 8.13. The predicted octanol–water partition coefficient (Wildman–Crippen LogP) is 1.62. The first-order chi connectivity index (χ1) is 19.4. The van der Waals surface area contributed by atoms with Crippen molar-refractivity contribution in [3.63, 3.8) is 0 Å². The fraction of sp³-hybridized carbons (Fsp3) is 0.444. The van der Waals surface area contributed by atoms with Gasteiger partial charge in [0.05, 0.1) is 17.7 Å². The third-order valence-electron chi connectivity index (χ3n) is 6.90. The third-order valence-corrected chi connectivity index (χ3v) is 6.90. The Morgan fingerprint density at radius 1 is 1.00 bits per heavy atom. The van der Waals surface area contributed by atoms with Crippen LogP contribution >= 0.6 is 0 Å². The summed E-state index contributed by atoms with van der Waals surface area (Å²) in [6.45, 7) is 6.61. The van der Waals surface area contributed by atoms with Crippen molar-refractivity contribution in [3.05, 3.63) is 90.6 Å². The summed E-state index contributed by atoms with van der Waals surface area (Å²) < 4.78 is 4.62. The average molecular weight is 551 g/mol. The molecule has 1 N–H and O–H groups in total. The summed E-state index contributed by atoms with van der Waals surface area (Å²) >= 11 is 0. The van der Waals surface area contributed by atoms with Crippen LogP contribution in [0.2, 0.25) is 0 Å². The first kappa shape index (κ1) is 28.8. The van der Waals surface area contributed by atoms with Crippen LogP contribution < -0.4 is 11.2 Å². The molecule has 0 aliphatic carbocycles. The van der Waals surface area contributed by atoms with Crippen molar-refractivity contribution in [2.45, 2.75) is 52.7 Å². The van der Waals surface area contributed by atoms with Gasteiger partial charge in [-0.05, 0) is 36.6 Å². The molecular weight excluding hydrogens is 516 g/mol. The number of aromatic nitrogens is 6. The average Bonchev–Trinajstić information content (AvgIpc) is 3.31. The van der Waals surface area contributed by atoms with Crippen LogP contribution in [-0.4, -0.2) is 70.1 Å². The van der Waals surface area contributed by atoms with Gasteiger partial charge in [0.2, 0.25) is 0 Å². The van der Waals surface area contributed by atoms with Gasteiger partial charge in [0.1, 0.15) is 5.82 Å². The lowest BCUT2D eigenvalue weighted by atomic mass is 10.1. The quantitative estimate of drug-likeness (QED) is 0.182. The van der Waals surface area contributed by atoms with Crippen LogP contribution in [-0.2, 0) is 32.5 Å². The van der Waals surface area contributed by atoms with Crippen LogP contribution in [0.15, 0.2) is 52.3 Å². The van der Waals surface area contributed by atoms with E-state index in [0.29, 0.717) is 55.8 Å². The van der Waals surface area contributed by atoms with Crippen LogP contribution in [0.25, 0.3) is 11.2 Å². The number of non-ortho nitro benzene ring substituents is 1. The maximum Gasteiger partial charge on any atom is 0.332 e. The first-order valence-corrected chi connectivity index (χ1v) is 13.4. The molecule has 0 saturated heterocycles. The normalized spacial score (nSPS) is 11.5. The highest BCUT2D eigenvalue weighted by molar-refractivity contribution is 5.71. The number of likely N-dealkylation sites (N-methyl/N-ethyl adjacent to an activating group) is 1. The number of imidazole rings is 1. The van der Waals surface area contributed by atoms with E-state index >= 15 is 0 Å². The maximum absolute atomic E-state index is 13.7. The van der Waals surface area contributed by atoms with Crippen molar-refractivity contribution in [1.82, 2.24) is 33.8 Å². The second-order valence-corrected chi connectivity index (χ2v) is 9.51. The Kier molecular flexibility index (Phi) is 9.51. The Morgan fingerprint density at radius 3 is 2.50 bits per heavy atom. The van der Waals surface area contributed by atoms with Gasteiger partial charge in [-0.15, -0.1) is 0 Å². The van der Waals surface area contributed by atoms with Crippen molar-refractivity contribution >= 4 is 16.9 Å². The zero-order valence-electron chi connectivity index (χ0n) is 22.8. The molecule has 0 saturated carbocycles. The molecule has 1 aromatic carbocycles. The van der Waals surface area contributed by atoms with Crippen molar-refractivity contribution in [2.24, 2.45) is 0 Å². The van der Waals surface area contributed by atoms with E-state index in [1.165, 1.54) is 21.3 Å². The van der Waals surface area contributed by atoms with Crippen LogP contribution in [0, 0.1) is 10.1 Å². The van der Waals surface area contributed by atoms with Crippen molar-refractivity contribution in [1.29, 1.82) is 0 Å². The number of aryl methyl sites for hydroxylation is 2. The van der Waals surface area contributed by atoms with Crippen LogP contribution in [0.5, 0.6) is 0 Å². The van der Waals surface area contributed by atoms with Crippen LogP contribution in [0.3, 0.4) is 0 Å². The second kappa shape index (κ2) is 13.2. The van der Waals surface area contributed by atoms with Gasteiger partial charge in [0, 0.05) is 57.5 Å². The molecule has 0 fully saturated rings. The molecule has 4 aromatic rings. The third kappa shape index (κ3) is 6.32. The molecule has 0 spiro atoms. The summed E-state index contributed by atoms with van der Waals surface area (Å²) in [5.74, 6) is 0.609. The minimum absolute atomic E-state index is 0.0215. The van der Waals surface area contributed by atoms with E-state index < -0.39 is 16.2 Å². The van der Waals surface area contributed by atoms with Gasteiger partial charge in [0.15, 0.2) is 11.2 Å². The molecule has 0 unspecified atom stereocenters. The zero-order chi connectivity index (χ0) is 28.6. The fourth-order valence-corrected chi connectivity index (χ4v) is 4.82. The number of hydrogen-bond donors (Lipinski definition) is 1. The molecule has 4 rings (SSSR count). The summed E-state index contributed by atoms with van der Waals surface area (Å²) in [6.07, 6.45) is 4.54. The molecule has 3 heterocycles. The molecule has 212 valence electrons. The Bertz CT molecular complexity index is 1580. The molecule has 0 aliphatic rings. The van der Waals surface area contributed by atoms with E-state index in [1.807, 2.05) is 24.5 Å². The van der Waals surface area contributed by atoms with Gasteiger partial charge < -0.3 is 9.67 Å². The molecule has 0 amide bonds. The number of fused-ring (bicyclic) bond motifs is 1. The lowest BCUT2D eigenvalue weighted by Crippen LogP contribution is -2.41. The number of nitro groups is 1. The number of aliphatic hydroxyl groups excluding tert-OH is 1. The Labute approximate surface area is 230 Å². The van der Waals surface area contributed by atoms with Gasteiger partial charge in [0.25, 0.3) is 11.2 Å². The van der Waals surface area contributed by atoms with Crippen LogP contribution in [0.1, 0.15) is 37.2 Å². The topological polar surface area (TPSA) is 154 Å². The molecule has 0 radical (unpaired) electrons. The number of nitrogens with zero attached hydrogens (tertiary/aromatic N) is 8. The van der Waals surface area contributed by atoms with E-state index in [4.69, 9.17) is 4.98 Å². The van der Waals surface area contributed by atoms with E-state index in [-0.39, 0.29) is 31.0 Å². The molecule has 13 heteroatoms. The highest BCUT2D eigenvalue weighted by Crippen LogP contribution is 2.18. The zero-order valence-corrected chi connectivity index (χ0v) is 22.8. The smallest absolute Gasteiger partial charge is 0.332 e. The molecule has 0 bridgehead atoms. The van der Waals surface area contributed by atoms with Crippen molar-refractivity contribution < 1.29 is 10.0 Å². The Hall–Kier alpha value is -4.23. The molecule has 0 atom stereocenters. The Morgan fingerprint density at radius 2 is 1.82 bits per heavy atom. The molecule has 40 heavy (non-hydrogen) atoms. The summed E-state index contributed by atoms with van der Waals surface area (Å²) in [5, 5.41) is 28.5. The van der Waals surface area contributed by atoms with E-state index in [2.05, 4.69) is 15.1 Å². The minimum Gasteiger partial charge on any atom is -0.395 e. The van der Waals surface area contributed by atoms with Gasteiger partial charge in [-0.1, -0.05) is 26.0 Å². The van der Waals surface area contributed by atoms with E-state index in [0.717, 1.165) is 12.1 Å². The number of aliphatic hydroxyl groups is 1. The van der Waals surface area contributed by atoms with Crippen LogP contribution in [0.4, 0.5) is 5.69 Å². The molecule has 0 aliphatic heterocycles. The van der Waals surface area contributed by atoms with E-state index in [1.54, 1.807) is 24.5 Å². The lowest BCUT2D eigenvalue weighted by molar-refractivity contribution is -0.384. The monoisotopic (exact) mass is 550 g/mol. The number of hydrogen-bond acceptors (Lipinski definition) is 9. The molecule has 13 nitrogen and oxygen atoms in total. The largest absolute Gasteiger partial charge is 0.395 e. The maximum atomic E-state index is 13.7. The predicted molar refractivity (Wildman–Crippen MR) is 149 cm³/mol. The standard InChI is InChI=1S/C27H34N8O5/c1-3-11-34-26(37)24-25(33(27(34)38)12-9-20-6-5-7-22(17-20)35(39)40)30-23(18-21-8-10-28-29-19-21)32(24)14-13-31(4-2)15-16-36/h5-8,10,17,19,36H,3-4,9,11-16,18H2,1-2H3. The first-order valence-electron chi connectivity index (χ1n) is 13.4. The summed E-state index contributed by atoms with van der Waals surface area (Å²) in [4.78, 5) is 45.0. The number of rotatable bonds is 14. The lowest BCUT2D eigenvalue weighted by Gasteiger charge is -2.20. The molecule has 3 aromatic heterocycles. The second-order valence-electron chi connectivity index (χ2n) is 9.51. The highest BCUT2D eigenvalue weighted by atomic mass is 16.6. The molecular formula is C27H34N8O5. The van der Waals surface area contributed by atoms with Gasteiger partial charge >= 0.3 is 5.69 Å². The number of benzene rings is 1. The van der Waals surface area contributed by atoms with Crippen molar-refractivity contribution in [2.75, 3.05) is 26.2 Å². The van der Waals surface area contributed by atoms with Gasteiger partial charge in [-0.2, -0.15) is 10.2 Å². The summed E-state index contributed by atoms with van der Waals surface area (Å²) in [5.41, 5.74) is 1.31. The fourth-order valence-electron chi connectivity index (χ4n) is 4.82. The van der Waals surface area contributed by atoms with E-state index in [9.17, 15) is 24.8 Å². The van der Waals surface area contributed by atoms with Gasteiger partial charge in [-0.25, -0.2) is 9.78 Å². The minimum atomic E-state index is -0.456. The SMILES string of the molecule is CCCn1c(=O)c2c(nc(Cc3ccnnc3)n2CCN(CC)CCO)n(CCc2cccc([N+](=O)[O-])c2)c1=O. The number of nitro benzene ring substituents is 1. The highest BCUT2D eigenvalue weighted by Gasteiger charge is 2.22. The van der Waals surface area contributed by atoms with Gasteiger partial charge in [-0.3, -0.25) is 28.9 Å². The van der Waals surface area contributed by atoms with Crippen molar-refractivity contribution in [3.8, 4) is 0 Å².